The molecule has 1 atom stereocenters. The first-order valence-corrected chi connectivity index (χ1v) is 7.38. The van der Waals surface area contributed by atoms with Crippen LogP contribution in [0.4, 0.5) is 0 Å². The first-order valence-electron chi connectivity index (χ1n) is 5.77. The normalized spacial score (nSPS) is 12.3. The second kappa shape index (κ2) is 6.17. The fourth-order valence-corrected chi connectivity index (χ4v) is 2.96. The fourth-order valence-electron chi connectivity index (χ4n) is 1.94. The van der Waals surface area contributed by atoms with Gasteiger partial charge in [-0.05, 0) is 36.2 Å². The number of benzene rings is 2. The zero-order chi connectivity index (χ0) is 14.0. The molecule has 100 valence electrons. The van der Waals surface area contributed by atoms with Gasteiger partial charge in [-0.3, -0.25) is 0 Å². The van der Waals surface area contributed by atoms with E-state index < -0.39 is 0 Å². The lowest BCUT2D eigenvalue weighted by atomic mass is 10.0. The van der Waals surface area contributed by atoms with Crippen LogP contribution in [0.15, 0.2) is 40.9 Å². The molecule has 2 rings (SSSR count). The molecule has 0 N–H and O–H groups in total. The average Bonchev–Trinajstić information content (AvgIpc) is 2.41. The van der Waals surface area contributed by atoms with Crippen LogP contribution in [0.2, 0.25) is 5.02 Å². The average molecular weight is 360 g/mol. The Bertz CT molecular complexity index is 599. The molecule has 0 heterocycles. The van der Waals surface area contributed by atoms with Gasteiger partial charge in [-0.2, -0.15) is 0 Å². The van der Waals surface area contributed by atoms with E-state index in [1.54, 1.807) is 7.11 Å². The standard InChI is InChI=1S/C15H13BrCl2O/c1-9-4-3-5-11(14(9)17)15(18)12-8-10(16)6-7-13(12)19-2/h3-8,15H,1-2H3. The van der Waals surface area contributed by atoms with Crippen LogP contribution >= 0.6 is 39.1 Å². The van der Waals surface area contributed by atoms with E-state index in [9.17, 15) is 0 Å². The van der Waals surface area contributed by atoms with E-state index in [2.05, 4.69) is 15.9 Å². The number of aryl methyl sites for hydroxylation is 1. The van der Waals surface area contributed by atoms with E-state index in [1.165, 1.54) is 0 Å². The Kier molecular flexibility index (Phi) is 4.77. The molecule has 0 saturated heterocycles. The molecule has 0 aliphatic carbocycles. The molecule has 19 heavy (non-hydrogen) atoms. The summed E-state index contributed by atoms with van der Waals surface area (Å²) in [6.07, 6.45) is 0. The molecule has 0 saturated carbocycles. The van der Waals surface area contributed by atoms with Crippen LogP contribution in [0, 0.1) is 6.92 Å². The summed E-state index contributed by atoms with van der Waals surface area (Å²) < 4.78 is 6.32. The van der Waals surface area contributed by atoms with E-state index in [-0.39, 0.29) is 5.38 Å². The Labute approximate surface area is 131 Å². The number of ether oxygens (including phenoxy) is 1. The van der Waals surface area contributed by atoms with Crippen molar-refractivity contribution in [3.05, 3.63) is 62.6 Å². The van der Waals surface area contributed by atoms with Crippen LogP contribution in [-0.4, -0.2) is 7.11 Å². The van der Waals surface area contributed by atoms with Crippen LogP contribution in [0.25, 0.3) is 0 Å². The molecule has 0 bridgehead atoms. The summed E-state index contributed by atoms with van der Waals surface area (Å²) in [7, 11) is 1.63. The van der Waals surface area contributed by atoms with Crippen molar-refractivity contribution >= 4 is 39.1 Å². The van der Waals surface area contributed by atoms with Crippen molar-refractivity contribution in [1.29, 1.82) is 0 Å². The van der Waals surface area contributed by atoms with Crippen LogP contribution < -0.4 is 4.74 Å². The summed E-state index contributed by atoms with van der Waals surface area (Å²) in [5, 5.41) is 0.351. The van der Waals surface area contributed by atoms with Gasteiger partial charge >= 0.3 is 0 Å². The Balaban J connectivity index is 2.52. The third-order valence-corrected chi connectivity index (χ3v) is 4.44. The molecule has 0 aromatic heterocycles. The highest BCUT2D eigenvalue weighted by molar-refractivity contribution is 9.10. The molecule has 4 heteroatoms. The van der Waals surface area contributed by atoms with E-state index in [0.29, 0.717) is 5.02 Å². The van der Waals surface area contributed by atoms with Crippen molar-refractivity contribution in [1.82, 2.24) is 0 Å². The fraction of sp³-hybridized carbons (Fsp3) is 0.200. The Morgan fingerprint density at radius 1 is 1.16 bits per heavy atom. The number of hydrogen-bond acceptors (Lipinski definition) is 1. The lowest BCUT2D eigenvalue weighted by Crippen LogP contribution is -1.99. The van der Waals surface area contributed by atoms with Gasteiger partial charge in [-0.25, -0.2) is 0 Å². The van der Waals surface area contributed by atoms with Gasteiger partial charge in [0.15, 0.2) is 0 Å². The third-order valence-electron chi connectivity index (χ3n) is 2.96. The largest absolute Gasteiger partial charge is 0.496 e. The minimum absolute atomic E-state index is 0.347. The van der Waals surface area contributed by atoms with Crippen molar-refractivity contribution < 1.29 is 4.74 Å². The van der Waals surface area contributed by atoms with Crippen molar-refractivity contribution in [3.8, 4) is 5.75 Å². The summed E-state index contributed by atoms with van der Waals surface area (Å²) >= 11 is 16.4. The highest BCUT2D eigenvalue weighted by atomic mass is 79.9. The Morgan fingerprint density at radius 3 is 2.58 bits per heavy atom. The van der Waals surface area contributed by atoms with E-state index >= 15 is 0 Å². The lowest BCUT2D eigenvalue weighted by Gasteiger charge is -2.17. The molecular weight excluding hydrogens is 347 g/mol. The number of rotatable bonds is 3. The summed E-state index contributed by atoms with van der Waals surface area (Å²) in [6.45, 7) is 1.97. The molecule has 2 aromatic carbocycles. The van der Waals surface area contributed by atoms with Crippen molar-refractivity contribution in [2.75, 3.05) is 7.11 Å². The maximum absolute atomic E-state index is 6.58. The monoisotopic (exact) mass is 358 g/mol. The minimum Gasteiger partial charge on any atom is -0.496 e. The van der Waals surface area contributed by atoms with Crippen molar-refractivity contribution in [2.45, 2.75) is 12.3 Å². The van der Waals surface area contributed by atoms with Gasteiger partial charge in [0, 0.05) is 15.1 Å². The smallest absolute Gasteiger partial charge is 0.123 e. The van der Waals surface area contributed by atoms with Gasteiger partial charge in [-0.15, -0.1) is 11.6 Å². The van der Waals surface area contributed by atoms with Gasteiger partial charge in [0.1, 0.15) is 5.75 Å². The minimum atomic E-state index is -0.347. The van der Waals surface area contributed by atoms with E-state index in [0.717, 1.165) is 26.9 Å². The Morgan fingerprint density at radius 2 is 1.89 bits per heavy atom. The summed E-state index contributed by atoms with van der Waals surface area (Å²) in [4.78, 5) is 0. The first-order chi connectivity index (χ1) is 9.04. The van der Waals surface area contributed by atoms with Crippen LogP contribution in [0.5, 0.6) is 5.75 Å². The second-order valence-electron chi connectivity index (χ2n) is 4.23. The molecule has 1 unspecified atom stereocenters. The molecular formula is C15H13BrCl2O. The van der Waals surface area contributed by atoms with Crippen molar-refractivity contribution in [2.24, 2.45) is 0 Å². The molecule has 2 aromatic rings. The van der Waals surface area contributed by atoms with Gasteiger partial charge in [-0.1, -0.05) is 45.7 Å². The first kappa shape index (κ1) is 14.7. The predicted octanol–water partition coefficient (Wildman–Crippen LogP) is 5.75. The highest BCUT2D eigenvalue weighted by Gasteiger charge is 2.19. The second-order valence-corrected chi connectivity index (χ2v) is 5.96. The molecule has 0 fully saturated rings. The van der Waals surface area contributed by atoms with Crippen molar-refractivity contribution in [3.63, 3.8) is 0 Å². The molecule has 0 spiro atoms. The van der Waals surface area contributed by atoms with Crippen LogP contribution in [0.3, 0.4) is 0 Å². The highest BCUT2D eigenvalue weighted by Crippen LogP contribution is 2.40. The zero-order valence-electron chi connectivity index (χ0n) is 10.6. The summed E-state index contributed by atoms with van der Waals surface area (Å²) in [6, 6.07) is 11.6. The predicted molar refractivity (Wildman–Crippen MR) is 84.6 cm³/mol. The van der Waals surface area contributed by atoms with E-state index in [4.69, 9.17) is 27.9 Å². The summed E-state index contributed by atoms with van der Waals surface area (Å²) in [5.74, 6) is 0.751. The molecule has 0 radical (unpaired) electrons. The number of hydrogen-bond donors (Lipinski definition) is 0. The van der Waals surface area contributed by atoms with Gasteiger partial charge in [0.05, 0.1) is 12.5 Å². The van der Waals surface area contributed by atoms with Crippen LogP contribution in [0.1, 0.15) is 22.1 Å². The molecule has 0 aliphatic heterocycles. The lowest BCUT2D eigenvalue weighted by molar-refractivity contribution is 0.410. The SMILES string of the molecule is COc1ccc(Br)cc1C(Cl)c1cccc(C)c1Cl. The molecule has 0 amide bonds. The van der Waals surface area contributed by atoms with Crippen LogP contribution in [-0.2, 0) is 0 Å². The van der Waals surface area contributed by atoms with Gasteiger partial charge in [0.25, 0.3) is 0 Å². The summed E-state index contributed by atoms with van der Waals surface area (Å²) in [5.41, 5.74) is 2.80. The molecule has 0 aliphatic rings. The number of halogens is 3. The quantitative estimate of drug-likeness (QED) is 0.634. The maximum Gasteiger partial charge on any atom is 0.123 e. The number of alkyl halides is 1. The van der Waals surface area contributed by atoms with Gasteiger partial charge in [0.2, 0.25) is 0 Å². The molecule has 1 nitrogen and oxygen atoms in total. The van der Waals surface area contributed by atoms with E-state index in [1.807, 2.05) is 43.3 Å². The maximum atomic E-state index is 6.58. The Hall–Kier alpha value is -0.700. The third kappa shape index (κ3) is 3.07. The zero-order valence-corrected chi connectivity index (χ0v) is 13.7. The van der Waals surface area contributed by atoms with Gasteiger partial charge < -0.3 is 4.74 Å². The topological polar surface area (TPSA) is 9.23 Å². The number of methoxy groups -OCH3 is 1.